The van der Waals surface area contributed by atoms with Crippen LogP contribution >= 0.6 is 0 Å². The van der Waals surface area contributed by atoms with E-state index in [1.807, 2.05) is 12.1 Å². The molecule has 0 N–H and O–H groups in total. The van der Waals surface area contributed by atoms with Crippen LogP contribution in [-0.2, 0) is 0 Å². The SMILES string of the molecule is N#Cc1ccc(OCCOc2ccc3ccc(=O)oc3c2)cc1. The van der Waals surface area contributed by atoms with Gasteiger partial charge in [0.2, 0.25) is 0 Å². The molecule has 0 atom stereocenters. The van der Waals surface area contributed by atoms with Gasteiger partial charge >= 0.3 is 5.63 Å². The van der Waals surface area contributed by atoms with Crippen molar-refractivity contribution in [1.29, 1.82) is 5.26 Å². The lowest BCUT2D eigenvalue weighted by Crippen LogP contribution is -2.09. The number of rotatable bonds is 5. The molecular weight excluding hydrogens is 294 g/mol. The molecule has 0 saturated carbocycles. The van der Waals surface area contributed by atoms with Crippen molar-refractivity contribution in [2.75, 3.05) is 13.2 Å². The van der Waals surface area contributed by atoms with Gasteiger partial charge < -0.3 is 13.9 Å². The summed E-state index contributed by atoms with van der Waals surface area (Å²) in [6.45, 7) is 0.714. The van der Waals surface area contributed by atoms with Crippen molar-refractivity contribution in [3.8, 4) is 17.6 Å². The third kappa shape index (κ3) is 3.69. The fourth-order valence-electron chi connectivity index (χ4n) is 2.08. The molecule has 3 aromatic rings. The van der Waals surface area contributed by atoms with Gasteiger partial charge in [0.15, 0.2) is 0 Å². The van der Waals surface area contributed by atoms with Crippen LogP contribution in [0.25, 0.3) is 11.0 Å². The van der Waals surface area contributed by atoms with Crippen molar-refractivity contribution < 1.29 is 13.9 Å². The lowest BCUT2D eigenvalue weighted by atomic mass is 10.2. The van der Waals surface area contributed by atoms with E-state index >= 15 is 0 Å². The Morgan fingerprint density at radius 2 is 1.57 bits per heavy atom. The summed E-state index contributed by atoms with van der Waals surface area (Å²) in [6, 6.07) is 17.3. The topological polar surface area (TPSA) is 72.5 Å². The summed E-state index contributed by atoms with van der Waals surface area (Å²) >= 11 is 0. The highest BCUT2D eigenvalue weighted by atomic mass is 16.5. The van der Waals surface area contributed by atoms with Crippen LogP contribution in [0.5, 0.6) is 11.5 Å². The molecule has 0 aliphatic carbocycles. The predicted molar refractivity (Wildman–Crippen MR) is 84.6 cm³/mol. The monoisotopic (exact) mass is 307 g/mol. The zero-order valence-corrected chi connectivity index (χ0v) is 12.2. The molecule has 1 aromatic heterocycles. The van der Waals surface area contributed by atoms with Crippen LogP contribution in [0.1, 0.15) is 5.56 Å². The van der Waals surface area contributed by atoms with Crippen LogP contribution < -0.4 is 15.1 Å². The highest BCUT2D eigenvalue weighted by molar-refractivity contribution is 5.77. The molecule has 0 spiro atoms. The first-order valence-corrected chi connectivity index (χ1v) is 7.04. The molecule has 0 unspecified atom stereocenters. The van der Waals surface area contributed by atoms with Crippen molar-refractivity contribution in [3.05, 3.63) is 70.6 Å². The summed E-state index contributed by atoms with van der Waals surface area (Å²) in [4.78, 5) is 11.2. The van der Waals surface area contributed by atoms with E-state index in [-0.39, 0.29) is 0 Å². The third-order valence-electron chi connectivity index (χ3n) is 3.20. The standard InChI is InChI=1S/C18H13NO4/c19-12-13-1-5-15(6-2-13)21-9-10-22-16-7-3-14-4-8-18(20)23-17(14)11-16/h1-8,11H,9-10H2. The molecule has 1 heterocycles. The minimum absolute atomic E-state index is 0.350. The van der Waals surface area contributed by atoms with Crippen LogP contribution in [0.2, 0.25) is 0 Å². The molecule has 23 heavy (non-hydrogen) atoms. The number of fused-ring (bicyclic) bond motifs is 1. The first-order chi connectivity index (χ1) is 11.2. The minimum atomic E-state index is -0.390. The third-order valence-corrected chi connectivity index (χ3v) is 3.20. The lowest BCUT2D eigenvalue weighted by Gasteiger charge is -2.08. The van der Waals surface area contributed by atoms with Gasteiger partial charge in [0.05, 0.1) is 11.6 Å². The van der Waals surface area contributed by atoms with Gasteiger partial charge in [0, 0.05) is 17.5 Å². The Morgan fingerprint density at radius 3 is 2.30 bits per heavy atom. The van der Waals surface area contributed by atoms with Crippen LogP contribution in [0, 0.1) is 11.3 Å². The molecular formula is C18H13NO4. The zero-order valence-electron chi connectivity index (χ0n) is 12.2. The Bertz CT molecular complexity index is 907. The number of nitriles is 1. The van der Waals surface area contributed by atoms with E-state index in [4.69, 9.17) is 19.2 Å². The van der Waals surface area contributed by atoms with Crippen molar-refractivity contribution >= 4 is 11.0 Å². The first-order valence-electron chi connectivity index (χ1n) is 7.04. The number of benzene rings is 2. The van der Waals surface area contributed by atoms with Crippen molar-refractivity contribution in [1.82, 2.24) is 0 Å². The molecule has 0 saturated heterocycles. The van der Waals surface area contributed by atoms with Gasteiger partial charge in [-0.15, -0.1) is 0 Å². The number of hydrogen-bond acceptors (Lipinski definition) is 5. The Morgan fingerprint density at radius 1 is 0.913 bits per heavy atom. The Hall–Kier alpha value is -3.26. The highest BCUT2D eigenvalue weighted by Gasteiger charge is 2.01. The molecule has 5 heteroatoms. The van der Waals surface area contributed by atoms with Gasteiger partial charge in [-0.1, -0.05) is 0 Å². The number of nitrogens with zero attached hydrogens (tertiary/aromatic N) is 1. The fourth-order valence-corrected chi connectivity index (χ4v) is 2.08. The Labute approximate surface area is 132 Å². The average Bonchev–Trinajstić information content (AvgIpc) is 2.59. The predicted octanol–water partition coefficient (Wildman–Crippen LogP) is 3.12. The summed E-state index contributed by atoms with van der Waals surface area (Å²) in [5.41, 5.74) is 0.688. The maximum atomic E-state index is 11.2. The Balaban J connectivity index is 1.56. The lowest BCUT2D eigenvalue weighted by molar-refractivity contribution is 0.217. The van der Waals surface area contributed by atoms with E-state index in [1.54, 1.807) is 36.4 Å². The minimum Gasteiger partial charge on any atom is -0.490 e. The van der Waals surface area contributed by atoms with Gasteiger partial charge in [-0.05, 0) is 42.5 Å². The number of ether oxygens (including phenoxy) is 2. The van der Waals surface area contributed by atoms with Crippen LogP contribution in [0.4, 0.5) is 0 Å². The molecule has 0 fully saturated rings. The molecule has 0 amide bonds. The normalized spacial score (nSPS) is 10.2. The summed E-state index contributed by atoms with van der Waals surface area (Å²) < 4.78 is 16.2. The maximum Gasteiger partial charge on any atom is 0.336 e. The average molecular weight is 307 g/mol. The summed E-state index contributed by atoms with van der Waals surface area (Å²) in [7, 11) is 0. The smallest absolute Gasteiger partial charge is 0.336 e. The first kappa shape index (κ1) is 14.7. The second-order valence-corrected chi connectivity index (χ2v) is 4.79. The highest BCUT2D eigenvalue weighted by Crippen LogP contribution is 2.19. The summed E-state index contributed by atoms with van der Waals surface area (Å²) in [5, 5.41) is 9.56. The van der Waals surface area contributed by atoms with Crippen LogP contribution in [0.3, 0.4) is 0 Å². The molecule has 0 aliphatic heterocycles. The molecule has 0 aliphatic rings. The second kappa shape index (κ2) is 6.67. The number of hydrogen-bond donors (Lipinski definition) is 0. The van der Waals surface area contributed by atoms with Gasteiger partial charge in [0.25, 0.3) is 0 Å². The molecule has 114 valence electrons. The summed E-state index contributed by atoms with van der Waals surface area (Å²) in [5.74, 6) is 1.28. The van der Waals surface area contributed by atoms with E-state index in [2.05, 4.69) is 6.07 Å². The van der Waals surface area contributed by atoms with Crippen molar-refractivity contribution in [2.45, 2.75) is 0 Å². The van der Waals surface area contributed by atoms with E-state index in [9.17, 15) is 4.79 Å². The molecule has 0 radical (unpaired) electrons. The van der Waals surface area contributed by atoms with E-state index in [0.717, 1.165) is 5.39 Å². The molecule has 0 bridgehead atoms. The largest absolute Gasteiger partial charge is 0.490 e. The molecule has 5 nitrogen and oxygen atoms in total. The van der Waals surface area contributed by atoms with E-state index < -0.39 is 5.63 Å². The maximum absolute atomic E-state index is 11.2. The second-order valence-electron chi connectivity index (χ2n) is 4.79. The zero-order chi connectivity index (χ0) is 16.1. The fraction of sp³-hybridized carbons (Fsp3) is 0.111. The van der Waals surface area contributed by atoms with Crippen molar-refractivity contribution in [2.24, 2.45) is 0 Å². The molecule has 3 rings (SSSR count). The van der Waals surface area contributed by atoms with Gasteiger partial charge in [-0.3, -0.25) is 0 Å². The van der Waals surface area contributed by atoms with Gasteiger partial charge in [-0.2, -0.15) is 5.26 Å². The van der Waals surface area contributed by atoms with Crippen LogP contribution in [0.15, 0.2) is 63.8 Å². The summed E-state index contributed by atoms with van der Waals surface area (Å²) in [6.07, 6.45) is 0. The van der Waals surface area contributed by atoms with Crippen LogP contribution in [-0.4, -0.2) is 13.2 Å². The Kier molecular flexibility index (Phi) is 4.25. The van der Waals surface area contributed by atoms with E-state index in [0.29, 0.717) is 35.9 Å². The molecule has 2 aromatic carbocycles. The van der Waals surface area contributed by atoms with Gasteiger partial charge in [-0.25, -0.2) is 4.79 Å². The quantitative estimate of drug-likeness (QED) is 0.535. The van der Waals surface area contributed by atoms with E-state index in [1.165, 1.54) is 6.07 Å². The van der Waals surface area contributed by atoms with Gasteiger partial charge in [0.1, 0.15) is 30.3 Å². The van der Waals surface area contributed by atoms with Crippen molar-refractivity contribution in [3.63, 3.8) is 0 Å².